The maximum absolute atomic E-state index is 13.4. The number of carbonyl (C=O) groups is 1. The van der Waals surface area contributed by atoms with E-state index in [9.17, 15) is 38.6 Å². The van der Waals surface area contributed by atoms with Gasteiger partial charge < -0.3 is 25.4 Å². The van der Waals surface area contributed by atoms with Crippen LogP contribution in [0.1, 0.15) is 22.8 Å². The van der Waals surface area contributed by atoms with Crippen molar-refractivity contribution in [1.29, 1.82) is 0 Å². The fourth-order valence-electron chi connectivity index (χ4n) is 4.02. The van der Waals surface area contributed by atoms with Crippen LogP contribution < -0.4 is 10.1 Å². The molecule has 3 aromatic carbocycles. The van der Waals surface area contributed by atoms with Gasteiger partial charge in [-0.15, -0.1) is 0 Å². The number of hydrogen-bond donors (Lipinski definition) is 4. The number of benzene rings is 3. The number of amides is 1. The van der Waals surface area contributed by atoms with Crippen LogP contribution >= 0.6 is 0 Å². The highest BCUT2D eigenvalue weighted by atomic mass is 32.2. The third kappa shape index (κ3) is 7.76. The molecule has 0 aliphatic heterocycles. The number of methoxy groups -OCH3 is 1. The molecule has 13 heteroatoms. The fourth-order valence-corrected chi connectivity index (χ4v) is 5.56. The van der Waals surface area contributed by atoms with Gasteiger partial charge in [-0.2, -0.15) is 4.31 Å². The Morgan fingerprint density at radius 3 is 2.25 bits per heavy atom. The van der Waals surface area contributed by atoms with Crippen LogP contribution in [0.3, 0.4) is 0 Å². The van der Waals surface area contributed by atoms with Crippen LogP contribution in [0.25, 0.3) is 0 Å². The van der Waals surface area contributed by atoms with Crippen molar-refractivity contribution in [2.24, 2.45) is 0 Å². The van der Waals surface area contributed by atoms with Gasteiger partial charge in [-0.05, 0) is 43.2 Å². The van der Waals surface area contributed by atoms with E-state index >= 15 is 0 Å². The summed E-state index contributed by atoms with van der Waals surface area (Å²) in [6, 6.07) is 16.2. The van der Waals surface area contributed by atoms with Crippen LogP contribution in [0.2, 0.25) is 0 Å². The molecular weight excluding hydrogens is 542 g/mol. The Hall–Kier alpha value is -4.04. The minimum atomic E-state index is -4.31. The number of nitrogens with one attached hydrogen (secondary N) is 1. The molecule has 4 N–H and O–H groups in total. The molecule has 0 heterocycles. The molecule has 40 heavy (non-hydrogen) atoms. The molecule has 3 atom stereocenters. The highest BCUT2D eigenvalue weighted by molar-refractivity contribution is 7.89. The predicted molar refractivity (Wildman–Crippen MR) is 146 cm³/mol. The summed E-state index contributed by atoms with van der Waals surface area (Å²) in [5, 5.41) is 45.2. The number of nitro groups is 1. The monoisotopic (exact) mass is 573 g/mol. The molecule has 12 nitrogen and oxygen atoms in total. The number of nitro benzene ring substituents is 1. The number of aliphatic hydroxyl groups excluding tert-OH is 2. The van der Waals surface area contributed by atoms with Crippen molar-refractivity contribution >= 4 is 21.6 Å². The summed E-state index contributed by atoms with van der Waals surface area (Å²) < 4.78 is 32.7. The quantitative estimate of drug-likeness (QED) is 0.176. The third-order valence-electron chi connectivity index (χ3n) is 6.07. The summed E-state index contributed by atoms with van der Waals surface area (Å²) in [4.78, 5) is 23.1. The molecule has 0 aliphatic carbocycles. The Morgan fingerprint density at radius 1 is 1.05 bits per heavy atom. The summed E-state index contributed by atoms with van der Waals surface area (Å²) in [6.45, 7) is 0.471. The summed E-state index contributed by atoms with van der Waals surface area (Å²) in [6.07, 6.45) is -2.46. The van der Waals surface area contributed by atoms with Gasteiger partial charge in [0.25, 0.3) is 11.6 Å². The second-order valence-corrected chi connectivity index (χ2v) is 11.1. The van der Waals surface area contributed by atoms with Crippen LogP contribution in [-0.4, -0.2) is 77.3 Å². The molecule has 3 rings (SSSR count). The first-order valence-electron chi connectivity index (χ1n) is 12.2. The smallest absolute Gasteiger partial charge is 0.269 e. The number of sulfonamides is 1. The fraction of sp³-hybridized carbons (Fsp3) is 0.296. The normalized spacial score (nSPS) is 13.8. The average molecular weight is 574 g/mol. The lowest BCUT2D eigenvalue weighted by molar-refractivity contribution is -0.384. The topological polar surface area (TPSA) is 180 Å². The third-order valence-corrected chi connectivity index (χ3v) is 7.92. The van der Waals surface area contributed by atoms with Gasteiger partial charge >= 0.3 is 0 Å². The van der Waals surface area contributed by atoms with E-state index in [1.165, 1.54) is 32.2 Å². The zero-order chi connectivity index (χ0) is 29.4. The molecule has 1 amide bonds. The van der Waals surface area contributed by atoms with E-state index in [0.29, 0.717) is 5.75 Å². The molecule has 0 bridgehead atoms. The first-order valence-corrected chi connectivity index (χ1v) is 13.7. The molecule has 0 spiro atoms. The number of aliphatic hydroxyl groups is 2. The number of non-ortho nitro benzene ring substituents is 1. The number of carbonyl (C=O) groups excluding carboxylic acids is 1. The van der Waals surface area contributed by atoms with E-state index < -0.39 is 45.6 Å². The minimum absolute atomic E-state index is 0.0783. The van der Waals surface area contributed by atoms with E-state index in [1.807, 2.05) is 0 Å². The minimum Gasteiger partial charge on any atom is -0.507 e. The van der Waals surface area contributed by atoms with Crippen LogP contribution in [0.4, 0.5) is 5.69 Å². The van der Waals surface area contributed by atoms with Gasteiger partial charge in [0.1, 0.15) is 11.5 Å². The standard InChI is InChI=1S/C27H31N3O9S/c1-18(31)16-29(40(37,38)22-11-8-20(9-12-22)30(35)36)17-26(33)24(14-19-6-4-3-5-7-19)28-27(34)23-13-10-21(39-2)15-25(23)32/h3-13,15,18,24,26,31-33H,14,16-17H2,1-2H3,(H,28,34)/t18-,24-,26+/m0/s1. The van der Waals surface area contributed by atoms with Gasteiger partial charge in [0.05, 0.1) is 40.7 Å². The molecule has 0 unspecified atom stereocenters. The number of aromatic hydroxyl groups is 1. The van der Waals surface area contributed by atoms with Crippen LogP contribution in [-0.2, 0) is 16.4 Å². The Labute approximate surface area is 231 Å². The van der Waals surface area contributed by atoms with Crippen LogP contribution in [0.5, 0.6) is 11.5 Å². The number of rotatable bonds is 13. The molecule has 214 valence electrons. The SMILES string of the molecule is COc1ccc(C(=O)N[C@@H](Cc2ccccc2)[C@H](O)CN(C[C@H](C)O)S(=O)(=O)c2ccc([N+](=O)[O-])cc2)c(O)c1. The van der Waals surface area contributed by atoms with Gasteiger partial charge in [-0.25, -0.2) is 8.42 Å². The predicted octanol–water partition coefficient (Wildman–Crippen LogP) is 2.08. The number of phenols is 1. The van der Waals surface area contributed by atoms with Crippen LogP contribution in [0.15, 0.2) is 77.7 Å². The summed E-state index contributed by atoms with van der Waals surface area (Å²) in [5.41, 5.74) is 0.366. The van der Waals surface area contributed by atoms with Crippen molar-refractivity contribution in [3.05, 3.63) is 94.0 Å². The van der Waals surface area contributed by atoms with E-state index in [-0.39, 0.29) is 34.9 Å². The maximum atomic E-state index is 13.4. The Balaban J connectivity index is 1.91. The van der Waals surface area contributed by atoms with E-state index in [4.69, 9.17) is 4.74 Å². The Morgan fingerprint density at radius 2 is 1.70 bits per heavy atom. The largest absolute Gasteiger partial charge is 0.507 e. The van der Waals surface area contributed by atoms with Gasteiger partial charge in [0.2, 0.25) is 10.0 Å². The highest BCUT2D eigenvalue weighted by Gasteiger charge is 2.32. The van der Waals surface area contributed by atoms with Crippen molar-refractivity contribution in [3.63, 3.8) is 0 Å². The molecule has 3 aromatic rings. The zero-order valence-corrected chi connectivity index (χ0v) is 22.7. The number of nitrogens with zero attached hydrogens (tertiary/aromatic N) is 2. The maximum Gasteiger partial charge on any atom is 0.269 e. The van der Waals surface area contributed by atoms with Crippen molar-refractivity contribution in [2.45, 2.75) is 36.5 Å². The average Bonchev–Trinajstić information content (AvgIpc) is 2.92. The summed E-state index contributed by atoms with van der Waals surface area (Å²) >= 11 is 0. The van der Waals surface area contributed by atoms with Crippen molar-refractivity contribution < 1.29 is 38.2 Å². The van der Waals surface area contributed by atoms with Crippen LogP contribution in [0, 0.1) is 10.1 Å². The molecule has 0 radical (unpaired) electrons. The van der Waals surface area contributed by atoms with E-state index in [1.54, 1.807) is 30.3 Å². The highest BCUT2D eigenvalue weighted by Crippen LogP contribution is 2.24. The zero-order valence-electron chi connectivity index (χ0n) is 21.9. The number of hydrogen-bond acceptors (Lipinski definition) is 9. The number of ether oxygens (including phenoxy) is 1. The summed E-state index contributed by atoms with van der Waals surface area (Å²) in [5.74, 6) is -0.721. The van der Waals surface area contributed by atoms with Gasteiger partial charge in [-0.1, -0.05) is 30.3 Å². The van der Waals surface area contributed by atoms with Crippen molar-refractivity contribution in [1.82, 2.24) is 9.62 Å². The molecule has 0 saturated carbocycles. The second kappa shape index (κ2) is 13.3. The first-order chi connectivity index (χ1) is 18.9. The van der Waals surface area contributed by atoms with E-state index in [2.05, 4.69) is 5.32 Å². The lowest BCUT2D eigenvalue weighted by Gasteiger charge is -2.30. The van der Waals surface area contributed by atoms with Gasteiger partial charge in [0, 0.05) is 31.3 Å². The molecule has 0 aliphatic rings. The second-order valence-electron chi connectivity index (χ2n) is 9.14. The lowest BCUT2D eigenvalue weighted by Crippen LogP contribution is -2.51. The number of phenolic OH excluding ortho intramolecular Hbond substituents is 1. The lowest BCUT2D eigenvalue weighted by atomic mass is 10.00. The Bertz CT molecular complexity index is 1410. The first kappa shape index (κ1) is 30.5. The van der Waals surface area contributed by atoms with Gasteiger partial charge in [0.15, 0.2) is 0 Å². The molecule has 0 aromatic heterocycles. The molecule has 0 fully saturated rings. The summed E-state index contributed by atoms with van der Waals surface area (Å²) in [7, 11) is -2.90. The van der Waals surface area contributed by atoms with Crippen molar-refractivity contribution in [3.8, 4) is 11.5 Å². The molecular formula is C27H31N3O9S. The van der Waals surface area contributed by atoms with E-state index in [0.717, 1.165) is 34.1 Å². The Kier molecular flexibility index (Phi) is 10.2. The molecule has 0 saturated heterocycles. The van der Waals surface area contributed by atoms with Crippen molar-refractivity contribution in [2.75, 3.05) is 20.2 Å². The van der Waals surface area contributed by atoms with Gasteiger partial charge in [-0.3, -0.25) is 14.9 Å².